The molecule has 1 amide bonds. The topological polar surface area (TPSA) is 62.8 Å². The summed E-state index contributed by atoms with van der Waals surface area (Å²) in [7, 11) is 3.77. The number of piperidine rings is 1. The molecule has 0 unspecified atom stereocenters. The van der Waals surface area contributed by atoms with Crippen LogP contribution in [0.3, 0.4) is 0 Å². The summed E-state index contributed by atoms with van der Waals surface area (Å²) in [5.41, 5.74) is 2.62. The van der Waals surface area contributed by atoms with Gasteiger partial charge in [0, 0.05) is 12.1 Å². The number of likely N-dealkylation sites (tertiary alicyclic amines) is 1. The van der Waals surface area contributed by atoms with E-state index in [1.807, 2.05) is 42.5 Å². The molecule has 32 heavy (non-hydrogen) atoms. The fraction of sp³-hybridized carbons (Fsp3) is 0.423. The summed E-state index contributed by atoms with van der Waals surface area (Å²) in [6.07, 6.45) is 7.59. The Bertz CT molecular complexity index is 905. The molecule has 172 valence electrons. The minimum Gasteiger partial charge on any atom is -0.493 e. The normalized spacial score (nSPS) is 15.0. The van der Waals surface area contributed by atoms with Crippen molar-refractivity contribution in [3.63, 3.8) is 0 Å². The summed E-state index contributed by atoms with van der Waals surface area (Å²) in [5, 5.41) is 6.59. The second-order valence-corrected chi connectivity index (χ2v) is 8.20. The maximum atomic E-state index is 12.6. The fourth-order valence-electron chi connectivity index (χ4n) is 3.67. The first-order chi connectivity index (χ1) is 15.6. The van der Waals surface area contributed by atoms with Crippen molar-refractivity contribution in [3.8, 4) is 11.5 Å². The van der Waals surface area contributed by atoms with E-state index >= 15 is 0 Å². The van der Waals surface area contributed by atoms with Crippen molar-refractivity contribution in [1.29, 1.82) is 0 Å². The molecule has 0 saturated carbocycles. The minimum atomic E-state index is -0.176. The average Bonchev–Trinajstić information content (AvgIpc) is 2.81. The highest BCUT2D eigenvalue weighted by molar-refractivity contribution is 6.03. The molecule has 2 N–H and O–H groups in total. The molecule has 6 nitrogen and oxygen atoms in total. The summed E-state index contributed by atoms with van der Waals surface area (Å²) in [4.78, 5) is 14.9. The standard InChI is InChI=1S/C26H35N3O3/c1-4-5-18-32-24-12-10-20(19-25(24)31-3)11-13-26(30)28-23-9-7-6-8-22(23)27-21-14-16-29(2)17-15-21/h6-13,19,21,27H,4-5,14-18H2,1-3H3,(H,28,30)/b13-11+. The Labute approximate surface area is 191 Å². The van der Waals surface area contributed by atoms with Gasteiger partial charge in [-0.2, -0.15) is 0 Å². The van der Waals surface area contributed by atoms with Crippen LogP contribution >= 0.6 is 0 Å². The number of para-hydroxylation sites is 2. The van der Waals surface area contributed by atoms with Crippen LogP contribution in [-0.4, -0.2) is 50.7 Å². The number of nitrogens with zero attached hydrogens (tertiary/aromatic N) is 1. The third-order valence-corrected chi connectivity index (χ3v) is 5.63. The van der Waals surface area contributed by atoms with Crippen LogP contribution < -0.4 is 20.1 Å². The monoisotopic (exact) mass is 437 g/mol. The molecular formula is C26H35N3O3. The van der Waals surface area contributed by atoms with Crippen LogP contribution in [0.25, 0.3) is 6.08 Å². The third-order valence-electron chi connectivity index (χ3n) is 5.63. The van der Waals surface area contributed by atoms with E-state index in [9.17, 15) is 4.79 Å². The minimum absolute atomic E-state index is 0.176. The third kappa shape index (κ3) is 7.02. The highest BCUT2D eigenvalue weighted by atomic mass is 16.5. The Morgan fingerprint density at radius 3 is 2.59 bits per heavy atom. The zero-order valence-electron chi connectivity index (χ0n) is 19.4. The predicted octanol–water partition coefficient (Wildman–Crippen LogP) is 5.03. The lowest BCUT2D eigenvalue weighted by Gasteiger charge is -2.30. The van der Waals surface area contributed by atoms with Gasteiger partial charge in [-0.1, -0.05) is 31.5 Å². The van der Waals surface area contributed by atoms with E-state index < -0.39 is 0 Å². The molecule has 0 bridgehead atoms. The molecule has 1 aliphatic heterocycles. The SMILES string of the molecule is CCCCOc1ccc(/C=C/C(=O)Nc2ccccc2NC2CCN(C)CC2)cc1OC. The quantitative estimate of drug-likeness (QED) is 0.403. The Kier molecular flexibility index (Phi) is 8.99. The summed E-state index contributed by atoms with van der Waals surface area (Å²) >= 11 is 0. The average molecular weight is 438 g/mol. The van der Waals surface area contributed by atoms with Gasteiger partial charge in [0.05, 0.1) is 25.1 Å². The number of hydrogen-bond acceptors (Lipinski definition) is 5. The largest absolute Gasteiger partial charge is 0.493 e. The summed E-state index contributed by atoms with van der Waals surface area (Å²) in [6, 6.07) is 14.0. The maximum Gasteiger partial charge on any atom is 0.248 e. The molecule has 1 heterocycles. The molecule has 0 aromatic heterocycles. The number of ether oxygens (including phenoxy) is 2. The highest BCUT2D eigenvalue weighted by Crippen LogP contribution is 2.29. The van der Waals surface area contributed by atoms with Crippen molar-refractivity contribution in [2.24, 2.45) is 0 Å². The zero-order chi connectivity index (χ0) is 22.8. The van der Waals surface area contributed by atoms with Crippen LogP contribution in [-0.2, 0) is 4.79 Å². The molecule has 2 aromatic rings. The van der Waals surface area contributed by atoms with Crippen LogP contribution in [0.2, 0.25) is 0 Å². The van der Waals surface area contributed by atoms with Gasteiger partial charge < -0.3 is 25.0 Å². The number of methoxy groups -OCH3 is 1. The first kappa shape index (κ1) is 23.7. The number of benzene rings is 2. The van der Waals surface area contributed by atoms with Crippen molar-refractivity contribution < 1.29 is 14.3 Å². The molecule has 6 heteroatoms. The van der Waals surface area contributed by atoms with Gasteiger partial charge in [0.1, 0.15) is 0 Å². The molecule has 0 atom stereocenters. The number of amides is 1. The van der Waals surface area contributed by atoms with Crippen LogP contribution in [0.5, 0.6) is 11.5 Å². The van der Waals surface area contributed by atoms with Crippen molar-refractivity contribution in [3.05, 3.63) is 54.1 Å². The number of anilines is 2. The van der Waals surface area contributed by atoms with Crippen LogP contribution in [0.15, 0.2) is 48.5 Å². The Hall–Kier alpha value is -2.99. The van der Waals surface area contributed by atoms with Crippen LogP contribution in [0.4, 0.5) is 11.4 Å². The van der Waals surface area contributed by atoms with E-state index in [4.69, 9.17) is 9.47 Å². The van der Waals surface area contributed by atoms with Gasteiger partial charge in [-0.05, 0) is 75.3 Å². The van der Waals surface area contributed by atoms with Gasteiger partial charge in [0.25, 0.3) is 0 Å². The van der Waals surface area contributed by atoms with Crippen molar-refractivity contribution in [1.82, 2.24) is 4.90 Å². The van der Waals surface area contributed by atoms with Crippen molar-refractivity contribution in [2.45, 2.75) is 38.6 Å². The van der Waals surface area contributed by atoms with Gasteiger partial charge in [-0.15, -0.1) is 0 Å². The smallest absolute Gasteiger partial charge is 0.248 e. The highest BCUT2D eigenvalue weighted by Gasteiger charge is 2.17. The molecule has 0 spiro atoms. The summed E-state index contributed by atoms with van der Waals surface area (Å²) in [6.45, 7) is 4.96. The lowest BCUT2D eigenvalue weighted by atomic mass is 10.0. The van der Waals surface area contributed by atoms with E-state index in [-0.39, 0.29) is 5.91 Å². The molecule has 3 rings (SSSR count). The van der Waals surface area contributed by atoms with Crippen molar-refractivity contribution in [2.75, 3.05) is 44.5 Å². The van der Waals surface area contributed by atoms with Gasteiger partial charge in [0.2, 0.25) is 5.91 Å². The molecule has 0 radical (unpaired) electrons. The fourth-order valence-corrected chi connectivity index (χ4v) is 3.67. The van der Waals surface area contributed by atoms with E-state index in [0.29, 0.717) is 18.4 Å². The lowest BCUT2D eigenvalue weighted by Crippen LogP contribution is -2.36. The molecule has 1 aliphatic rings. The Morgan fingerprint density at radius 1 is 1.12 bits per heavy atom. The number of carbonyl (C=O) groups is 1. The zero-order valence-corrected chi connectivity index (χ0v) is 19.4. The first-order valence-electron chi connectivity index (χ1n) is 11.4. The summed E-state index contributed by atoms with van der Waals surface area (Å²) < 4.78 is 11.2. The Balaban J connectivity index is 1.61. The Morgan fingerprint density at radius 2 is 1.88 bits per heavy atom. The molecular weight excluding hydrogens is 402 g/mol. The van der Waals surface area contributed by atoms with Gasteiger partial charge in [0.15, 0.2) is 11.5 Å². The number of rotatable bonds is 10. The lowest BCUT2D eigenvalue weighted by molar-refractivity contribution is -0.111. The maximum absolute atomic E-state index is 12.6. The number of hydrogen-bond donors (Lipinski definition) is 2. The molecule has 2 aromatic carbocycles. The van der Waals surface area contributed by atoms with E-state index in [1.54, 1.807) is 19.3 Å². The van der Waals surface area contributed by atoms with Gasteiger partial charge in [-0.25, -0.2) is 0 Å². The molecule has 1 fully saturated rings. The number of unbranched alkanes of at least 4 members (excludes halogenated alkanes) is 1. The van der Waals surface area contributed by atoms with Crippen LogP contribution in [0, 0.1) is 0 Å². The molecule has 0 aliphatic carbocycles. The van der Waals surface area contributed by atoms with Gasteiger partial charge in [-0.3, -0.25) is 4.79 Å². The second-order valence-electron chi connectivity index (χ2n) is 8.20. The number of nitrogens with one attached hydrogen (secondary N) is 2. The molecule has 1 saturated heterocycles. The summed E-state index contributed by atoms with van der Waals surface area (Å²) in [5.74, 6) is 1.21. The van der Waals surface area contributed by atoms with E-state index in [0.717, 1.165) is 61.5 Å². The second kappa shape index (κ2) is 12.2. The van der Waals surface area contributed by atoms with Crippen LogP contribution in [0.1, 0.15) is 38.2 Å². The van der Waals surface area contributed by atoms with Crippen molar-refractivity contribution >= 4 is 23.4 Å². The number of carbonyl (C=O) groups excluding carboxylic acids is 1. The predicted molar refractivity (Wildman–Crippen MR) is 132 cm³/mol. The first-order valence-corrected chi connectivity index (χ1v) is 11.4. The van der Waals surface area contributed by atoms with Gasteiger partial charge >= 0.3 is 0 Å². The van der Waals surface area contributed by atoms with E-state index in [1.165, 1.54) is 0 Å². The van der Waals surface area contributed by atoms with E-state index in [2.05, 4.69) is 29.5 Å².